The van der Waals surface area contributed by atoms with Crippen LogP contribution in [-0.2, 0) is 4.79 Å². The number of unbranched alkanes of at least 4 members (excludes halogenated alkanes) is 1. The first-order valence-electron chi connectivity index (χ1n) is 6.66. The smallest absolute Gasteiger partial charge is 0.162 e. The number of ketones is 1. The van der Waals surface area contributed by atoms with Gasteiger partial charge in [-0.05, 0) is 42.1 Å². The molecule has 2 fully saturated rings. The van der Waals surface area contributed by atoms with E-state index >= 15 is 0 Å². The highest BCUT2D eigenvalue weighted by molar-refractivity contribution is 6.01. The maximum atomic E-state index is 12.4. The Morgan fingerprint density at radius 3 is 2.81 bits per heavy atom. The van der Waals surface area contributed by atoms with Crippen LogP contribution in [0.4, 0.5) is 0 Å². The van der Waals surface area contributed by atoms with Gasteiger partial charge in [0.2, 0.25) is 0 Å². The molecule has 0 saturated heterocycles. The number of allylic oxidation sites excluding steroid dienone is 4. The summed E-state index contributed by atoms with van der Waals surface area (Å²) in [6.07, 6.45) is 10.3. The van der Waals surface area contributed by atoms with Crippen molar-refractivity contribution >= 4 is 5.78 Å². The van der Waals surface area contributed by atoms with E-state index in [9.17, 15) is 4.79 Å². The fraction of sp³-hybridized carbons (Fsp3) is 0.667. The summed E-state index contributed by atoms with van der Waals surface area (Å²) in [7, 11) is 0. The lowest BCUT2D eigenvalue weighted by molar-refractivity contribution is -0.119. The van der Waals surface area contributed by atoms with Crippen LogP contribution >= 0.6 is 0 Å². The Morgan fingerprint density at radius 2 is 2.12 bits per heavy atom. The Balaban J connectivity index is 1.91. The molecule has 0 aliphatic heterocycles. The third kappa shape index (κ3) is 1.20. The first kappa shape index (κ1) is 10.3. The maximum Gasteiger partial charge on any atom is 0.162 e. The number of Topliss-reactive ketones (excluding diaryl/α,β-unsaturated/α-hetero) is 1. The van der Waals surface area contributed by atoms with E-state index in [0.29, 0.717) is 35.4 Å². The van der Waals surface area contributed by atoms with Crippen LogP contribution in [0.5, 0.6) is 0 Å². The second-order valence-corrected chi connectivity index (χ2v) is 5.65. The lowest BCUT2D eigenvalue weighted by Gasteiger charge is -2.21. The van der Waals surface area contributed by atoms with Crippen LogP contribution in [0.1, 0.15) is 33.1 Å². The topological polar surface area (TPSA) is 17.1 Å². The van der Waals surface area contributed by atoms with Gasteiger partial charge in [0.15, 0.2) is 5.78 Å². The molecule has 2 saturated carbocycles. The predicted molar refractivity (Wildman–Crippen MR) is 64.9 cm³/mol. The molecular formula is C15H20O. The minimum absolute atomic E-state index is 0.341. The van der Waals surface area contributed by atoms with Gasteiger partial charge in [-0.3, -0.25) is 4.79 Å². The molecule has 0 N–H and O–H groups in total. The normalized spacial score (nSPS) is 47.0. The van der Waals surface area contributed by atoms with E-state index in [4.69, 9.17) is 0 Å². The molecule has 1 nitrogen and oxygen atoms in total. The molecule has 0 amide bonds. The Morgan fingerprint density at radius 1 is 1.38 bits per heavy atom. The zero-order chi connectivity index (χ0) is 11.3. The number of rotatable bonds is 2. The van der Waals surface area contributed by atoms with Crippen molar-refractivity contribution < 1.29 is 4.79 Å². The van der Waals surface area contributed by atoms with Crippen LogP contribution in [0.2, 0.25) is 0 Å². The Hall–Kier alpha value is -0.850. The van der Waals surface area contributed by atoms with Crippen molar-refractivity contribution in [1.29, 1.82) is 0 Å². The Bertz CT molecular complexity index is 377. The van der Waals surface area contributed by atoms with Crippen LogP contribution in [0.15, 0.2) is 23.8 Å². The number of carbonyl (C=O) groups is 1. The van der Waals surface area contributed by atoms with Gasteiger partial charge in [-0.1, -0.05) is 38.5 Å². The number of hydrogen-bond donors (Lipinski definition) is 0. The highest BCUT2D eigenvalue weighted by Crippen LogP contribution is 2.57. The molecule has 3 rings (SSSR count). The number of hydrogen-bond acceptors (Lipinski definition) is 1. The van der Waals surface area contributed by atoms with Crippen molar-refractivity contribution in [3.05, 3.63) is 23.8 Å². The van der Waals surface area contributed by atoms with Crippen molar-refractivity contribution in [2.24, 2.45) is 29.6 Å². The van der Waals surface area contributed by atoms with Crippen LogP contribution in [-0.4, -0.2) is 5.78 Å². The summed E-state index contributed by atoms with van der Waals surface area (Å²) in [5, 5.41) is 0. The van der Waals surface area contributed by atoms with Gasteiger partial charge in [-0.15, -0.1) is 0 Å². The molecule has 16 heavy (non-hydrogen) atoms. The van der Waals surface area contributed by atoms with Gasteiger partial charge < -0.3 is 0 Å². The van der Waals surface area contributed by atoms with Gasteiger partial charge in [-0.25, -0.2) is 0 Å². The molecule has 0 aromatic carbocycles. The number of fused-ring (bicyclic) bond motifs is 5. The molecule has 0 heterocycles. The molecule has 3 aliphatic rings. The van der Waals surface area contributed by atoms with E-state index in [0.717, 1.165) is 18.4 Å². The van der Waals surface area contributed by atoms with Crippen molar-refractivity contribution in [2.75, 3.05) is 0 Å². The Labute approximate surface area is 97.6 Å². The van der Waals surface area contributed by atoms with E-state index < -0.39 is 0 Å². The zero-order valence-electron chi connectivity index (χ0n) is 10.1. The molecule has 0 spiro atoms. The van der Waals surface area contributed by atoms with E-state index in [2.05, 4.69) is 32.1 Å². The highest BCUT2D eigenvalue weighted by Gasteiger charge is 2.55. The van der Waals surface area contributed by atoms with Gasteiger partial charge in [-0.2, -0.15) is 0 Å². The van der Waals surface area contributed by atoms with Gasteiger partial charge >= 0.3 is 0 Å². The lowest BCUT2D eigenvalue weighted by Crippen LogP contribution is -2.20. The predicted octanol–water partition coefficient (Wildman–Crippen LogP) is 3.37. The van der Waals surface area contributed by atoms with Crippen molar-refractivity contribution in [3.63, 3.8) is 0 Å². The summed E-state index contributed by atoms with van der Waals surface area (Å²) in [6, 6.07) is 0. The molecule has 5 atom stereocenters. The largest absolute Gasteiger partial charge is 0.294 e. The fourth-order valence-corrected chi connectivity index (χ4v) is 4.12. The molecule has 0 aromatic rings. The monoisotopic (exact) mass is 216 g/mol. The summed E-state index contributed by atoms with van der Waals surface area (Å²) >= 11 is 0. The van der Waals surface area contributed by atoms with E-state index in [-0.39, 0.29) is 0 Å². The number of carbonyl (C=O) groups excluding carboxylic acids is 1. The molecule has 86 valence electrons. The van der Waals surface area contributed by atoms with Gasteiger partial charge in [0, 0.05) is 5.92 Å². The SMILES string of the molecule is CCC/C=C1/C(=O)C2C([C@H]3C=C[C@@H]2C3)[C@H]1C. The molecule has 2 unspecified atom stereocenters. The second-order valence-electron chi connectivity index (χ2n) is 5.65. The first-order valence-corrected chi connectivity index (χ1v) is 6.66. The van der Waals surface area contributed by atoms with Crippen molar-refractivity contribution in [1.82, 2.24) is 0 Å². The van der Waals surface area contributed by atoms with Crippen LogP contribution in [0.25, 0.3) is 0 Å². The second kappa shape index (κ2) is 3.58. The minimum atomic E-state index is 0.341. The van der Waals surface area contributed by atoms with E-state index in [1.807, 2.05) is 0 Å². The maximum absolute atomic E-state index is 12.4. The quantitative estimate of drug-likeness (QED) is 0.511. The van der Waals surface area contributed by atoms with Crippen LogP contribution < -0.4 is 0 Å². The summed E-state index contributed by atoms with van der Waals surface area (Å²) in [5.41, 5.74) is 1.15. The first-order chi connectivity index (χ1) is 7.74. The average molecular weight is 216 g/mol. The average Bonchev–Trinajstić information content (AvgIpc) is 2.92. The Kier molecular flexibility index (Phi) is 2.31. The van der Waals surface area contributed by atoms with Gasteiger partial charge in [0.25, 0.3) is 0 Å². The summed E-state index contributed by atoms with van der Waals surface area (Å²) < 4.78 is 0. The third-order valence-electron chi connectivity index (χ3n) is 4.83. The lowest BCUT2D eigenvalue weighted by atomic mass is 9.81. The highest BCUT2D eigenvalue weighted by atomic mass is 16.1. The van der Waals surface area contributed by atoms with Gasteiger partial charge in [0.1, 0.15) is 0 Å². The van der Waals surface area contributed by atoms with Gasteiger partial charge in [0.05, 0.1) is 0 Å². The van der Waals surface area contributed by atoms with Crippen LogP contribution in [0.3, 0.4) is 0 Å². The standard InChI is InChI=1S/C15H20O/c1-3-4-5-12-9(2)13-10-6-7-11(8-10)14(13)15(12)16/h5-7,9-11,13-14H,3-4,8H2,1-2H3/b12-5+/t9-,10-,11+,13?,14?/m0/s1. The third-order valence-corrected chi connectivity index (χ3v) is 4.83. The fourth-order valence-electron chi connectivity index (χ4n) is 4.12. The minimum Gasteiger partial charge on any atom is -0.294 e. The molecule has 2 bridgehead atoms. The summed E-state index contributed by atoms with van der Waals surface area (Å²) in [6.45, 7) is 4.44. The molecule has 1 heteroatoms. The molecular weight excluding hydrogens is 196 g/mol. The molecule has 0 aromatic heterocycles. The summed E-state index contributed by atoms with van der Waals surface area (Å²) in [4.78, 5) is 12.4. The zero-order valence-corrected chi connectivity index (χ0v) is 10.1. The van der Waals surface area contributed by atoms with Crippen LogP contribution in [0, 0.1) is 29.6 Å². The van der Waals surface area contributed by atoms with Crippen molar-refractivity contribution in [2.45, 2.75) is 33.1 Å². The summed E-state index contributed by atoms with van der Waals surface area (Å²) in [5.74, 6) is 3.21. The van der Waals surface area contributed by atoms with E-state index in [1.165, 1.54) is 6.42 Å². The van der Waals surface area contributed by atoms with E-state index in [1.54, 1.807) is 0 Å². The van der Waals surface area contributed by atoms with Crippen molar-refractivity contribution in [3.8, 4) is 0 Å². The molecule has 0 radical (unpaired) electrons. The molecule has 3 aliphatic carbocycles.